The lowest BCUT2D eigenvalue weighted by Gasteiger charge is -2.09. The van der Waals surface area contributed by atoms with Crippen LogP contribution in [-0.4, -0.2) is 14.3 Å². The number of carbonyl (C=O) groups is 1. The number of nitrogens with zero attached hydrogens (tertiary/aromatic N) is 1. The molecule has 0 unspecified atom stereocenters. The first kappa shape index (κ1) is 13.0. The van der Waals surface area contributed by atoms with Gasteiger partial charge < -0.3 is 5.73 Å². The Labute approximate surface area is 111 Å². The van der Waals surface area contributed by atoms with Gasteiger partial charge in [0.2, 0.25) is 5.91 Å². The fourth-order valence-electron chi connectivity index (χ4n) is 1.86. The number of carbonyl (C=O) groups excluding carboxylic acids is 1. The van der Waals surface area contributed by atoms with Crippen LogP contribution in [0.3, 0.4) is 0 Å². The van der Waals surface area contributed by atoms with E-state index in [0.717, 1.165) is 5.39 Å². The highest BCUT2D eigenvalue weighted by Gasteiger charge is 2.14. The Morgan fingerprint density at radius 2 is 1.84 bits per heavy atom. The van der Waals surface area contributed by atoms with Crippen LogP contribution < -0.4 is 5.73 Å². The van der Waals surface area contributed by atoms with Crippen molar-refractivity contribution < 1.29 is 13.2 Å². The second-order valence-corrected chi connectivity index (χ2v) is 4.45. The van der Waals surface area contributed by atoms with Gasteiger partial charge >= 0.3 is 10.5 Å². The van der Waals surface area contributed by atoms with Crippen LogP contribution in [-0.2, 0) is 15.3 Å². The Morgan fingerprint density at radius 1 is 1.16 bits per heavy atom. The zero-order valence-electron chi connectivity index (χ0n) is 9.83. The number of fused-ring (bicyclic) bond motifs is 1. The molecule has 5 nitrogen and oxygen atoms in total. The summed E-state index contributed by atoms with van der Waals surface area (Å²) in [5.41, 5.74) is 5.74. The molecule has 0 saturated carbocycles. The zero-order valence-corrected chi connectivity index (χ0v) is 10.6. The Balaban J connectivity index is 2.90. The summed E-state index contributed by atoms with van der Waals surface area (Å²) in [6, 6.07) is 10.4. The van der Waals surface area contributed by atoms with E-state index in [2.05, 4.69) is 10.9 Å². The molecule has 0 atom stereocenters. The summed E-state index contributed by atoms with van der Waals surface area (Å²) in [7, 11) is -2.62. The molecule has 2 N–H and O–H groups in total. The van der Waals surface area contributed by atoms with Crippen molar-refractivity contribution in [1.82, 2.24) is 0 Å². The molecular formula is C13H10N2O3S. The van der Waals surface area contributed by atoms with E-state index < -0.39 is 16.4 Å². The molecule has 0 aliphatic carbocycles. The molecule has 0 aromatic heterocycles. The number of hydrogen-bond acceptors (Lipinski definition) is 4. The van der Waals surface area contributed by atoms with Crippen molar-refractivity contribution >= 4 is 38.4 Å². The van der Waals surface area contributed by atoms with E-state index in [0.29, 0.717) is 10.9 Å². The van der Waals surface area contributed by atoms with E-state index >= 15 is 0 Å². The van der Waals surface area contributed by atoms with Gasteiger partial charge in [-0.2, -0.15) is 8.42 Å². The monoisotopic (exact) mass is 274 g/mol. The van der Waals surface area contributed by atoms with Crippen LogP contribution in [0, 0.1) is 0 Å². The average molecular weight is 274 g/mol. The van der Waals surface area contributed by atoms with Gasteiger partial charge in [0, 0.05) is 11.1 Å². The summed E-state index contributed by atoms with van der Waals surface area (Å²) >= 11 is 0. The standard InChI is InChI=1S/C13H10N2O3S/c1-8(13(14)16)12-10-5-3-2-4-9(10)6-7-11(12)15-19(17)18/h2-7H,1H2,(H2,14,16). The number of benzene rings is 2. The third-order valence-electron chi connectivity index (χ3n) is 2.68. The summed E-state index contributed by atoms with van der Waals surface area (Å²) in [6.45, 7) is 3.61. The van der Waals surface area contributed by atoms with Crippen molar-refractivity contribution in [2.24, 2.45) is 10.1 Å². The molecule has 0 heterocycles. The van der Waals surface area contributed by atoms with Crippen LogP contribution in [0.5, 0.6) is 0 Å². The minimum atomic E-state index is -2.62. The molecule has 0 aliphatic heterocycles. The highest BCUT2D eigenvalue weighted by Crippen LogP contribution is 2.33. The smallest absolute Gasteiger partial charge is 0.316 e. The van der Waals surface area contributed by atoms with Crippen LogP contribution in [0.4, 0.5) is 5.69 Å². The second-order valence-electron chi connectivity index (χ2n) is 3.83. The first-order valence-electron chi connectivity index (χ1n) is 5.32. The zero-order chi connectivity index (χ0) is 14.0. The maximum Gasteiger partial charge on any atom is 0.316 e. The van der Waals surface area contributed by atoms with Crippen LogP contribution in [0.2, 0.25) is 0 Å². The molecule has 0 saturated heterocycles. The highest BCUT2D eigenvalue weighted by atomic mass is 32.2. The van der Waals surface area contributed by atoms with Gasteiger partial charge in [-0.3, -0.25) is 4.79 Å². The largest absolute Gasteiger partial charge is 0.366 e. The lowest BCUT2D eigenvalue weighted by molar-refractivity contribution is -0.112. The summed E-state index contributed by atoms with van der Waals surface area (Å²) in [5, 5.41) is 1.52. The van der Waals surface area contributed by atoms with E-state index in [1.54, 1.807) is 18.2 Å². The van der Waals surface area contributed by atoms with Gasteiger partial charge in [-0.15, -0.1) is 4.36 Å². The summed E-state index contributed by atoms with van der Waals surface area (Å²) in [5.74, 6) is -0.718. The molecule has 0 aliphatic rings. The second kappa shape index (κ2) is 5.03. The third-order valence-corrected chi connectivity index (χ3v) is 3.02. The van der Waals surface area contributed by atoms with Crippen molar-refractivity contribution in [3.63, 3.8) is 0 Å². The molecule has 2 aromatic rings. The molecule has 0 spiro atoms. The number of nitrogens with two attached hydrogens (primary N) is 1. The Morgan fingerprint density at radius 3 is 2.47 bits per heavy atom. The number of hydrogen-bond donors (Lipinski definition) is 1. The van der Waals surface area contributed by atoms with Crippen molar-refractivity contribution in [3.8, 4) is 0 Å². The third kappa shape index (κ3) is 2.53. The van der Waals surface area contributed by atoms with Gasteiger partial charge in [0.25, 0.3) is 0 Å². The van der Waals surface area contributed by atoms with Crippen LogP contribution in [0.25, 0.3) is 16.3 Å². The Bertz CT molecular complexity index is 815. The van der Waals surface area contributed by atoms with Gasteiger partial charge in [0.1, 0.15) is 0 Å². The predicted molar refractivity (Wildman–Crippen MR) is 73.2 cm³/mol. The first-order valence-corrected chi connectivity index (χ1v) is 6.36. The van der Waals surface area contributed by atoms with E-state index in [4.69, 9.17) is 5.73 Å². The minimum absolute atomic E-state index is 0.0287. The van der Waals surface area contributed by atoms with Gasteiger partial charge in [-0.25, -0.2) is 0 Å². The topological polar surface area (TPSA) is 89.6 Å². The quantitative estimate of drug-likeness (QED) is 0.868. The van der Waals surface area contributed by atoms with Crippen molar-refractivity contribution in [3.05, 3.63) is 48.5 Å². The van der Waals surface area contributed by atoms with E-state index in [1.165, 1.54) is 6.07 Å². The summed E-state index contributed by atoms with van der Waals surface area (Å²) < 4.78 is 24.9. The van der Waals surface area contributed by atoms with E-state index in [1.807, 2.05) is 12.1 Å². The van der Waals surface area contributed by atoms with Gasteiger partial charge in [-0.1, -0.05) is 36.9 Å². The molecule has 6 heteroatoms. The van der Waals surface area contributed by atoms with Gasteiger partial charge in [-0.05, 0) is 16.8 Å². The number of primary amides is 1. The Kier molecular flexibility index (Phi) is 3.43. The van der Waals surface area contributed by atoms with Crippen molar-refractivity contribution in [2.45, 2.75) is 0 Å². The van der Waals surface area contributed by atoms with Crippen molar-refractivity contribution in [2.75, 3.05) is 0 Å². The molecule has 19 heavy (non-hydrogen) atoms. The van der Waals surface area contributed by atoms with E-state index in [9.17, 15) is 13.2 Å². The molecule has 2 rings (SSSR count). The molecule has 1 amide bonds. The normalized spacial score (nSPS) is 10.1. The minimum Gasteiger partial charge on any atom is -0.366 e. The number of amides is 1. The Hall–Kier alpha value is -2.47. The highest BCUT2D eigenvalue weighted by molar-refractivity contribution is 7.61. The van der Waals surface area contributed by atoms with Crippen LogP contribution >= 0.6 is 0 Å². The summed E-state index contributed by atoms with van der Waals surface area (Å²) in [4.78, 5) is 11.3. The molecule has 2 aromatic carbocycles. The lowest BCUT2D eigenvalue weighted by atomic mass is 9.97. The molecule has 0 bridgehead atoms. The average Bonchev–Trinajstić information content (AvgIpc) is 2.37. The van der Waals surface area contributed by atoms with Crippen LogP contribution in [0.15, 0.2) is 47.3 Å². The van der Waals surface area contributed by atoms with Crippen molar-refractivity contribution in [1.29, 1.82) is 0 Å². The maximum atomic E-state index is 11.3. The first-order chi connectivity index (χ1) is 9.00. The molecule has 0 radical (unpaired) electrons. The van der Waals surface area contributed by atoms with E-state index in [-0.39, 0.29) is 11.3 Å². The fraction of sp³-hybridized carbons (Fsp3) is 0. The lowest BCUT2D eigenvalue weighted by Crippen LogP contribution is -2.12. The maximum absolute atomic E-state index is 11.3. The van der Waals surface area contributed by atoms with Crippen LogP contribution in [0.1, 0.15) is 5.56 Å². The summed E-state index contributed by atoms with van der Waals surface area (Å²) in [6.07, 6.45) is 0. The van der Waals surface area contributed by atoms with Gasteiger partial charge in [0.15, 0.2) is 0 Å². The van der Waals surface area contributed by atoms with Gasteiger partial charge in [0.05, 0.1) is 5.69 Å². The fourth-order valence-corrected chi connectivity index (χ4v) is 2.17. The molecule has 0 fully saturated rings. The molecular weight excluding hydrogens is 264 g/mol. The molecule has 96 valence electrons. The SMILES string of the molecule is C=C(C(N)=O)c1c(N=S(=O)=O)ccc2ccccc12. The predicted octanol–water partition coefficient (Wildman–Crippen LogP) is 2.03. The number of rotatable bonds is 3.